The number of nitrogens with zero attached hydrogens (tertiary/aromatic N) is 3. The van der Waals surface area contributed by atoms with Gasteiger partial charge in [-0.1, -0.05) is 24.3 Å². The van der Waals surface area contributed by atoms with Crippen molar-refractivity contribution in [1.82, 2.24) is 14.8 Å². The lowest BCUT2D eigenvalue weighted by molar-refractivity contribution is -0.114. The molecule has 0 fully saturated rings. The molecule has 0 radical (unpaired) electrons. The Balaban J connectivity index is 1.68. The quantitative estimate of drug-likeness (QED) is 0.537. The van der Waals surface area contributed by atoms with Gasteiger partial charge in [0.2, 0.25) is 5.91 Å². The van der Waals surface area contributed by atoms with Crippen molar-refractivity contribution in [1.29, 1.82) is 0 Å². The number of aryl methyl sites for hydroxylation is 2. The molecule has 2 N–H and O–H groups in total. The van der Waals surface area contributed by atoms with Gasteiger partial charge < -0.3 is 10.6 Å². The third-order valence-electron chi connectivity index (χ3n) is 4.64. The number of nitrogens with one attached hydrogen (secondary N) is 2. The first-order valence-corrected chi connectivity index (χ1v) is 9.53. The van der Waals surface area contributed by atoms with Crippen molar-refractivity contribution >= 4 is 34.2 Å². The molecule has 2 aromatic heterocycles. The lowest BCUT2D eigenvalue weighted by Gasteiger charge is -2.11. The fourth-order valence-corrected chi connectivity index (χ4v) is 3.33. The maximum Gasteiger partial charge on any atom is 0.256 e. The van der Waals surface area contributed by atoms with Gasteiger partial charge in [-0.3, -0.25) is 9.59 Å². The molecule has 2 amide bonds. The molecule has 0 aliphatic carbocycles. The van der Waals surface area contributed by atoms with Crippen LogP contribution in [0.3, 0.4) is 0 Å². The standard InChI is InChI=1S/C23H21N5O2/c1-14-11-21(25-20-10-5-4-9-19(14)20)28-22(12-15(2)27-28)26-23(30)17-7-6-8-18(13-17)24-16(3)29/h4-13H,1-3H3,(H,24,29)(H,26,30). The van der Waals surface area contributed by atoms with Crippen LogP contribution in [0.25, 0.3) is 16.7 Å². The van der Waals surface area contributed by atoms with E-state index in [9.17, 15) is 9.59 Å². The van der Waals surface area contributed by atoms with E-state index in [4.69, 9.17) is 4.98 Å². The molecule has 0 spiro atoms. The number of hydrogen-bond donors (Lipinski definition) is 2. The highest BCUT2D eigenvalue weighted by molar-refractivity contribution is 6.05. The van der Waals surface area contributed by atoms with Crippen LogP contribution in [-0.4, -0.2) is 26.6 Å². The second kappa shape index (κ2) is 7.79. The van der Waals surface area contributed by atoms with Gasteiger partial charge in [-0.15, -0.1) is 0 Å². The van der Waals surface area contributed by atoms with Crippen LogP contribution in [0.5, 0.6) is 0 Å². The van der Waals surface area contributed by atoms with Gasteiger partial charge in [0, 0.05) is 29.6 Å². The smallest absolute Gasteiger partial charge is 0.256 e. The number of carbonyl (C=O) groups excluding carboxylic acids is 2. The molecule has 0 atom stereocenters. The van der Waals surface area contributed by atoms with E-state index in [0.29, 0.717) is 22.9 Å². The van der Waals surface area contributed by atoms with E-state index in [1.165, 1.54) is 6.92 Å². The van der Waals surface area contributed by atoms with Crippen LogP contribution in [0.1, 0.15) is 28.5 Å². The molecule has 2 aromatic carbocycles. The number of pyridine rings is 1. The van der Waals surface area contributed by atoms with Gasteiger partial charge >= 0.3 is 0 Å². The molecule has 0 bridgehead atoms. The van der Waals surface area contributed by atoms with Crippen molar-refractivity contribution in [2.24, 2.45) is 0 Å². The number of carbonyl (C=O) groups is 2. The van der Waals surface area contributed by atoms with E-state index >= 15 is 0 Å². The van der Waals surface area contributed by atoms with E-state index in [-0.39, 0.29) is 11.8 Å². The van der Waals surface area contributed by atoms with E-state index in [2.05, 4.69) is 15.7 Å². The zero-order chi connectivity index (χ0) is 21.3. The van der Waals surface area contributed by atoms with Gasteiger partial charge in [-0.05, 0) is 49.7 Å². The summed E-state index contributed by atoms with van der Waals surface area (Å²) in [6.45, 7) is 5.31. The topological polar surface area (TPSA) is 88.9 Å². The van der Waals surface area contributed by atoms with Gasteiger partial charge in [0.1, 0.15) is 5.82 Å². The van der Waals surface area contributed by atoms with E-state index in [1.54, 1.807) is 35.0 Å². The number of aromatic nitrogens is 3. The Morgan fingerprint density at radius 3 is 2.53 bits per heavy atom. The van der Waals surface area contributed by atoms with Crippen molar-refractivity contribution < 1.29 is 9.59 Å². The number of para-hydroxylation sites is 1. The Morgan fingerprint density at radius 2 is 1.73 bits per heavy atom. The predicted octanol–water partition coefficient (Wildman–Crippen LogP) is 4.25. The Morgan fingerprint density at radius 1 is 0.933 bits per heavy atom. The van der Waals surface area contributed by atoms with Gasteiger partial charge in [0.25, 0.3) is 5.91 Å². The highest BCUT2D eigenvalue weighted by atomic mass is 16.2. The molecule has 4 rings (SSSR count). The Labute approximate surface area is 173 Å². The molecule has 4 aromatic rings. The minimum atomic E-state index is -0.305. The van der Waals surface area contributed by atoms with Crippen LogP contribution in [0, 0.1) is 13.8 Å². The number of fused-ring (bicyclic) bond motifs is 1. The van der Waals surface area contributed by atoms with Crippen LogP contribution < -0.4 is 10.6 Å². The summed E-state index contributed by atoms with van der Waals surface area (Å²) in [5.41, 5.74) is 3.68. The molecule has 7 nitrogen and oxygen atoms in total. The maximum atomic E-state index is 12.8. The second-order valence-electron chi connectivity index (χ2n) is 7.11. The Kier molecular flexibility index (Phi) is 5.02. The van der Waals surface area contributed by atoms with Crippen LogP contribution in [0.15, 0.2) is 60.7 Å². The maximum absolute atomic E-state index is 12.8. The van der Waals surface area contributed by atoms with Crippen molar-refractivity contribution in [2.75, 3.05) is 10.6 Å². The van der Waals surface area contributed by atoms with E-state index < -0.39 is 0 Å². The molecule has 0 saturated heterocycles. The van der Waals surface area contributed by atoms with Crippen LogP contribution >= 0.6 is 0 Å². The molecule has 7 heteroatoms. The van der Waals surface area contributed by atoms with Crippen molar-refractivity contribution in [2.45, 2.75) is 20.8 Å². The Bertz CT molecular complexity index is 1280. The third-order valence-corrected chi connectivity index (χ3v) is 4.64. The number of amides is 2. The number of anilines is 2. The van der Waals surface area contributed by atoms with Gasteiger partial charge in [-0.25, -0.2) is 4.98 Å². The van der Waals surface area contributed by atoms with Crippen LogP contribution in [-0.2, 0) is 4.79 Å². The highest BCUT2D eigenvalue weighted by Gasteiger charge is 2.15. The van der Waals surface area contributed by atoms with Gasteiger partial charge in [0.15, 0.2) is 5.82 Å². The molecule has 2 heterocycles. The van der Waals surface area contributed by atoms with Crippen molar-refractivity contribution in [3.8, 4) is 5.82 Å². The molecule has 0 unspecified atom stereocenters. The van der Waals surface area contributed by atoms with E-state index in [0.717, 1.165) is 22.2 Å². The molecule has 0 saturated carbocycles. The first-order valence-electron chi connectivity index (χ1n) is 9.53. The third kappa shape index (κ3) is 3.91. The molecular weight excluding hydrogens is 378 g/mol. The lowest BCUT2D eigenvalue weighted by Crippen LogP contribution is -2.16. The van der Waals surface area contributed by atoms with E-state index in [1.807, 2.05) is 44.2 Å². The SMILES string of the molecule is CC(=O)Nc1cccc(C(=O)Nc2cc(C)nn2-c2cc(C)c3ccccc3n2)c1. The monoisotopic (exact) mass is 399 g/mol. The number of hydrogen-bond acceptors (Lipinski definition) is 4. The average Bonchev–Trinajstić information content (AvgIpc) is 3.07. The second-order valence-corrected chi connectivity index (χ2v) is 7.11. The zero-order valence-electron chi connectivity index (χ0n) is 16.9. The minimum Gasteiger partial charge on any atom is -0.326 e. The van der Waals surface area contributed by atoms with Crippen LogP contribution in [0.2, 0.25) is 0 Å². The summed E-state index contributed by atoms with van der Waals surface area (Å²) < 4.78 is 1.63. The fraction of sp³-hybridized carbons (Fsp3) is 0.130. The normalized spacial score (nSPS) is 10.8. The first-order chi connectivity index (χ1) is 14.4. The predicted molar refractivity (Wildman–Crippen MR) is 117 cm³/mol. The summed E-state index contributed by atoms with van der Waals surface area (Å²) in [6.07, 6.45) is 0. The van der Waals surface area contributed by atoms with Crippen molar-refractivity contribution in [3.05, 3.63) is 77.5 Å². The Hall–Kier alpha value is -4.00. The molecule has 0 aliphatic heterocycles. The molecular formula is C23H21N5O2. The van der Waals surface area contributed by atoms with Crippen molar-refractivity contribution in [3.63, 3.8) is 0 Å². The fourth-order valence-electron chi connectivity index (χ4n) is 3.33. The summed E-state index contributed by atoms with van der Waals surface area (Å²) in [5.74, 6) is 0.645. The first kappa shape index (κ1) is 19.3. The highest BCUT2D eigenvalue weighted by Crippen LogP contribution is 2.23. The van der Waals surface area contributed by atoms with Crippen LogP contribution in [0.4, 0.5) is 11.5 Å². The summed E-state index contributed by atoms with van der Waals surface area (Å²) in [6, 6.07) is 18.4. The summed E-state index contributed by atoms with van der Waals surface area (Å²) >= 11 is 0. The molecule has 0 aliphatic rings. The number of rotatable bonds is 4. The summed E-state index contributed by atoms with van der Waals surface area (Å²) in [4.78, 5) is 28.8. The largest absolute Gasteiger partial charge is 0.326 e. The minimum absolute atomic E-state index is 0.195. The van der Waals surface area contributed by atoms with Gasteiger partial charge in [-0.2, -0.15) is 9.78 Å². The average molecular weight is 399 g/mol. The number of benzene rings is 2. The zero-order valence-corrected chi connectivity index (χ0v) is 16.9. The summed E-state index contributed by atoms with van der Waals surface area (Å²) in [7, 11) is 0. The summed E-state index contributed by atoms with van der Waals surface area (Å²) in [5, 5.41) is 11.2. The molecule has 30 heavy (non-hydrogen) atoms. The van der Waals surface area contributed by atoms with Gasteiger partial charge in [0.05, 0.1) is 11.2 Å². The molecule has 150 valence electrons. The lowest BCUT2D eigenvalue weighted by atomic mass is 10.1.